The molecule has 0 N–H and O–H groups in total. The van der Waals surface area contributed by atoms with Crippen molar-refractivity contribution in [2.45, 2.75) is 75.4 Å². The van der Waals surface area contributed by atoms with Crippen LogP contribution in [-0.4, -0.2) is 55.1 Å². The van der Waals surface area contributed by atoms with E-state index >= 15 is 4.39 Å². The summed E-state index contributed by atoms with van der Waals surface area (Å²) in [5.74, 6) is 0. The summed E-state index contributed by atoms with van der Waals surface area (Å²) in [4.78, 5) is -0.0406. The second-order valence-corrected chi connectivity index (χ2v) is 15.0. The molecule has 0 bridgehead atoms. The molecule has 160 valence electrons. The largest absolute Gasteiger partial charge is 0.414 e. The molecule has 1 aliphatic rings. The van der Waals surface area contributed by atoms with E-state index in [0.29, 0.717) is 0 Å². The molecule has 1 heterocycles. The van der Waals surface area contributed by atoms with Crippen LogP contribution >= 0.6 is 0 Å². The van der Waals surface area contributed by atoms with Crippen molar-refractivity contribution in [1.29, 1.82) is 0 Å². The lowest BCUT2D eigenvalue weighted by Crippen LogP contribution is -2.44. The molecule has 1 fully saturated rings. The van der Waals surface area contributed by atoms with Crippen LogP contribution < -0.4 is 0 Å². The van der Waals surface area contributed by atoms with Crippen LogP contribution in [0.4, 0.5) is 4.39 Å². The zero-order chi connectivity index (χ0) is 21.3. The zero-order valence-electron chi connectivity index (χ0n) is 17.6. The van der Waals surface area contributed by atoms with Gasteiger partial charge in [-0.2, -0.15) is 8.42 Å². The molecule has 28 heavy (non-hydrogen) atoms. The normalized spacial score (nSPS) is 26.6. The van der Waals surface area contributed by atoms with E-state index in [-0.39, 0.29) is 16.5 Å². The van der Waals surface area contributed by atoms with E-state index in [2.05, 4.69) is 33.9 Å². The van der Waals surface area contributed by atoms with Crippen LogP contribution in [0.15, 0.2) is 29.2 Å². The number of aryl methyl sites for hydroxylation is 1. The molecule has 0 aliphatic carbocycles. The molecular weight excluding hydrogens is 403 g/mol. The highest BCUT2D eigenvalue weighted by Gasteiger charge is 2.50. The smallest absolute Gasteiger partial charge is 0.297 e. The van der Waals surface area contributed by atoms with Gasteiger partial charge in [0.15, 0.2) is 26.9 Å². The first-order chi connectivity index (χ1) is 12.8. The predicted octanol–water partition coefficient (Wildman–Crippen LogP) is 3.80. The van der Waals surface area contributed by atoms with Gasteiger partial charge in [-0.25, -0.2) is 4.39 Å². The molecule has 0 spiro atoms. The molecule has 0 radical (unpaired) electrons. The Hall–Kier alpha value is -0.843. The number of hydrogen-bond donors (Lipinski definition) is 0. The lowest BCUT2D eigenvalue weighted by Gasteiger charge is -2.37. The maximum Gasteiger partial charge on any atom is 0.297 e. The van der Waals surface area contributed by atoms with Gasteiger partial charge < -0.3 is 13.9 Å². The molecule has 0 saturated carbocycles. The van der Waals surface area contributed by atoms with E-state index in [1.807, 2.05) is 6.92 Å². The first-order valence-corrected chi connectivity index (χ1v) is 13.6. The lowest BCUT2D eigenvalue weighted by atomic mass is 10.2. The van der Waals surface area contributed by atoms with Crippen molar-refractivity contribution in [1.82, 2.24) is 0 Å². The average Bonchev–Trinajstić information content (AvgIpc) is 2.87. The lowest BCUT2D eigenvalue weighted by molar-refractivity contribution is -0.147. The van der Waals surface area contributed by atoms with Crippen LogP contribution in [0.3, 0.4) is 0 Å². The SMILES string of the molecule is CO[C@@H]1O[C@H](CO[Si](C)(C)C(C)(C)C)[C@@H](F)[C@@H]1OS(=O)(=O)c1ccc(C)cc1. The minimum atomic E-state index is -4.16. The third-order valence-electron chi connectivity index (χ3n) is 5.44. The highest BCUT2D eigenvalue weighted by Crippen LogP contribution is 2.38. The highest BCUT2D eigenvalue weighted by molar-refractivity contribution is 7.86. The monoisotopic (exact) mass is 434 g/mol. The fourth-order valence-corrected chi connectivity index (χ4v) is 4.60. The second-order valence-electron chi connectivity index (χ2n) is 8.62. The molecule has 4 atom stereocenters. The second kappa shape index (κ2) is 8.49. The zero-order valence-corrected chi connectivity index (χ0v) is 19.4. The van der Waals surface area contributed by atoms with E-state index in [0.717, 1.165) is 5.56 Å². The molecule has 2 rings (SSSR count). The number of halogens is 1. The van der Waals surface area contributed by atoms with Crippen LogP contribution in [0.2, 0.25) is 18.1 Å². The number of rotatable bonds is 7. The molecule has 0 unspecified atom stereocenters. The molecule has 0 amide bonds. The van der Waals surface area contributed by atoms with Crippen molar-refractivity contribution in [3.05, 3.63) is 29.8 Å². The van der Waals surface area contributed by atoms with E-state index in [4.69, 9.17) is 18.1 Å². The van der Waals surface area contributed by atoms with Crippen molar-refractivity contribution >= 4 is 18.4 Å². The topological polar surface area (TPSA) is 71.1 Å². The van der Waals surface area contributed by atoms with Gasteiger partial charge >= 0.3 is 0 Å². The van der Waals surface area contributed by atoms with Crippen molar-refractivity contribution in [2.75, 3.05) is 13.7 Å². The Morgan fingerprint density at radius 1 is 1.18 bits per heavy atom. The van der Waals surface area contributed by atoms with Gasteiger partial charge in [0.05, 0.1) is 11.5 Å². The molecule has 1 aliphatic heterocycles. The summed E-state index contributed by atoms with van der Waals surface area (Å²) >= 11 is 0. The van der Waals surface area contributed by atoms with Crippen LogP contribution in [0.5, 0.6) is 0 Å². The number of methoxy groups -OCH3 is 1. The van der Waals surface area contributed by atoms with Crippen molar-refractivity contribution in [3.8, 4) is 0 Å². The van der Waals surface area contributed by atoms with E-state index in [1.54, 1.807) is 12.1 Å². The maximum absolute atomic E-state index is 15.0. The minimum Gasteiger partial charge on any atom is -0.414 e. The molecular formula is C19H31FO6SSi. The first kappa shape index (κ1) is 23.4. The van der Waals surface area contributed by atoms with Gasteiger partial charge in [0.1, 0.15) is 6.10 Å². The fraction of sp³-hybridized carbons (Fsp3) is 0.684. The molecule has 6 nitrogen and oxygen atoms in total. The van der Waals surface area contributed by atoms with Gasteiger partial charge in [0, 0.05) is 7.11 Å². The van der Waals surface area contributed by atoms with Crippen LogP contribution in [0, 0.1) is 6.92 Å². The molecule has 1 aromatic carbocycles. The number of ether oxygens (including phenoxy) is 2. The van der Waals surface area contributed by atoms with Gasteiger partial charge in [-0.05, 0) is 37.2 Å². The summed E-state index contributed by atoms with van der Waals surface area (Å²) in [5, 5.41) is -0.0389. The molecule has 1 saturated heterocycles. The summed E-state index contributed by atoms with van der Waals surface area (Å²) in [7, 11) is -4.94. The first-order valence-electron chi connectivity index (χ1n) is 9.25. The van der Waals surface area contributed by atoms with Gasteiger partial charge in [-0.1, -0.05) is 38.5 Å². The molecule has 1 aromatic rings. The molecule has 0 aromatic heterocycles. The van der Waals surface area contributed by atoms with E-state index < -0.39 is 43.1 Å². The Balaban J connectivity index is 2.11. The maximum atomic E-state index is 15.0. The van der Waals surface area contributed by atoms with E-state index in [1.165, 1.54) is 19.2 Å². The standard InChI is InChI=1S/C19H31FO6SSi/c1-13-8-10-14(11-9-13)27(21,22)26-17-16(20)15(25-18(17)23-5)12-24-28(6,7)19(2,3)4/h8-11,15-18H,12H2,1-7H3/t15-,16-,17+,18-/m1/s1. The minimum absolute atomic E-state index is 0.0158. The number of benzene rings is 1. The fourth-order valence-electron chi connectivity index (χ4n) is 2.52. The van der Waals surface area contributed by atoms with E-state index in [9.17, 15) is 8.42 Å². The predicted molar refractivity (Wildman–Crippen MR) is 107 cm³/mol. The summed E-state index contributed by atoms with van der Waals surface area (Å²) in [5.41, 5.74) is 0.907. The third-order valence-corrected chi connectivity index (χ3v) is 11.3. The van der Waals surface area contributed by atoms with Crippen molar-refractivity contribution < 1.29 is 30.9 Å². The Kier molecular flexibility index (Phi) is 7.11. The van der Waals surface area contributed by atoms with Crippen LogP contribution in [-0.2, 0) is 28.2 Å². The Morgan fingerprint density at radius 2 is 1.75 bits per heavy atom. The summed E-state index contributed by atoms with van der Waals surface area (Å²) in [6.07, 6.45) is -5.19. The Bertz CT molecular complexity index is 760. The van der Waals surface area contributed by atoms with Gasteiger partial charge in [0.2, 0.25) is 0 Å². The summed E-state index contributed by atoms with van der Waals surface area (Å²) in [6.45, 7) is 12.2. The van der Waals surface area contributed by atoms with Crippen LogP contribution in [0.1, 0.15) is 26.3 Å². The highest BCUT2D eigenvalue weighted by atomic mass is 32.2. The molecule has 9 heteroatoms. The quantitative estimate of drug-likeness (QED) is 0.480. The average molecular weight is 435 g/mol. The third kappa shape index (κ3) is 5.20. The Labute approximate surface area is 168 Å². The number of alkyl halides is 1. The Morgan fingerprint density at radius 3 is 2.25 bits per heavy atom. The summed E-state index contributed by atoms with van der Waals surface area (Å²) < 4.78 is 62.0. The summed E-state index contributed by atoms with van der Waals surface area (Å²) in [6, 6.07) is 6.15. The van der Waals surface area contributed by atoms with Gasteiger partial charge in [0.25, 0.3) is 10.1 Å². The van der Waals surface area contributed by atoms with Crippen molar-refractivity contribution in [2.24, 2.45) is 0 Å². The van der Waals surface area contributed by atoms with Crippen LogP contribution in [0.25, 0.3) is 0 Å². The number of hydrogen-bond acceptors (Lipinski definition) is 6. The van der Waals surface area contributed by atoms with Gasteiger partial charge in [-0.3, -0.25) is 4.18 Å². The van der Waals surface area contributed by atoms with Gasteiger partial charge in [-0.15, -0.1) is 0 Å². The van der Waals surface area contributed by atoms with Crippen molar-refractivity contribution in [3.63, 3.8) is 0 Å².